The first-order valence-corrected chi connectivity index (χ1v) is 20.0. The largest absolute Gasteiger partial charge is 0.455 e. The zero-order valence-electron chi connectivity index (χ0n) is 32.1. The summed E-state index contributed by atoms with van der Waals surface area (Å²) in [4.78, 5) is 11.3. The lowest BCUT2D eigenvalue weighted by Gasteiger charge is -2.19. The molecule has 0 atom stereocenters. The third-order valence-electron chi connectivity index (χ3n) is 11.6. The Hall–Kier alpha value is -7.36. The van der Waals surface area contributed by atoms with Gasteiger partial charge in [-0.25, -0.2) is 9.98 Å². The fraction of sp³-hybridized carbons (Fsp3) is 0.0545. The van der Waals surface area contributed by atoms with E-state index in [0.717, 1.165) is 74.0 Å². The molecule has 274 valence electrons. The summed E-state index contributed by atoms with van der Waals surface area (Å²) < 4.78 is 6.58. The number of hydrogen-bond donors (Lipinski definition) is 0. The van der Waals surface area contributed by atoms with Gasteiger partial charge in [-0.2, -0.15) is 0 Å². The summed E-state index contributed by atoms with van der Waals surface area (Å²) in [6, 6.07) is 65.1. The molecule has 0 bridgehead atoms. The minimum Gasteiger partial charge on any atom is -0.455 e. The first kappa shape index (κ1) is 33.9. The van der Waals surface area contributed by atoms with Crippen molar-refractivity contribution in [2.75, 3.05) is 0 Å². The van der Waals surface area contributed by atoms with Crippen LogP contribution in [-0.2, 0) is 0 Å². The predicted molar refractivity (Wildman–Crippen MR) is 245 cm³/mol. The maximum absolute atomic E-state index is 6.58. The standard InChI is InChI=1S/C55H38N2O/c1-35-24-30-44-40(32-35)29-31-45(42-28-26-37-13-3-5-15-39(37)34-42)53(44)51-22-11-21-50(49-20-10-19-47-46-17-8-9-23-52(46)58-54(47)49)56-55(57-51)48-18-7-6-16-43(48)41-27-25-36-12-2-4-14-38(36)33-41/h2-10,12-21,23-34H,11,22H2,1H3/b50-21-,56-55-,57-51+. The highest BCUT2D eigenvalue weighted by molar-refractivity contribution is 6.22. The van der Waals surface area contributed by atoms with Crippen molar-refractivity contribution in [3.63, 3.8) is 0 Å². The van der Waals surface area contributed by atoms with Crippen molar-refractivity contribution >= 4 is 71.5 Å². The number of furan rings is 1. The quantitative estimate of drug-likeness (QED) is 0.173. The molecule has 0 unspecified atom stereocenters. The van der Waals surface area contributed by atoms with Crippen molar-refractivity contribution < 1.29 is 4.42 Å². The molecule has 0 spiro atoms. The molecule has 9 aromatic carbocycles. The lowest BCUT2D eigenvalue weighted by Crippen LogP contribution is -2.12. The van der Waals surface area contributed by atoms with Gasteiger partial charge in [-0.15, -0.1) is 0 Å². The molecular weight excluding hydrogens is 705 g/mol. The monoisotopic (exact) mass is 742 g/mol. The van der Waals surface area contributed by atoms with E-state index >= 15 is 0 Å². The molecule has 1 aliphatic heterocycles. The second-order valence-corrected chi connectivity index (χ2v) is 15.3. The molecule has 0 saturated heterocycles. The van der Waals surface area contributed by atoms with Gasteiger partial charge in [0.15, 0.2) is 5.84 Å². The highest BCUT2D eigenvalue weighted by Crippen LogP contribution is 2.39. The summed E-state index contributed by atoms with van der Waals surface area (Å²) in [7, 11) is 0. The van der Waals surface area contributed by atoms with Gasteiger partial charge < -0.3 is 4.42 Å². The summed E-state index contributed by atoms with van der Waals surface area (Å²) in [5.41, 5.74) is 12.5. The van der Waals surface area contributed by atoms with Crippen molar-refractivity contribution in [2.24, 2.45) is 9.98 Å². The first-order valence-electron chi connectivity index (χ1n) is 20.0. The van der Waals surface area contributed by atoms with Gasteiger partial charge >= 0.3 is 0 Å². The normalized spacial score (nSPS) is 16.1. The number of nitrogens with zero attached hydrogens (tertiary/aromatic N) is 2. The number of hydrogen-bond acceptors (Lipinski definition) is 3. The lowest BCUT2D eigenvalue weighted by molar-refractivity contribution is 0.667. The van der Waals surface area contributed by atoms with Crippen LogP contribution in [0.5, 0.6) is 0 Å². The molecule has 11 rings (SSSR count). The molecule has 3 heteroatoms. The van der Waals surface area contributed by atoms with E-state index in [0.29, 0.717) is 5.84 Å². The van der Waals surface area contributed by atoms with Gasteiger partial charge in [-0.1, -0.05) is 169 Å². The van der Waals surface area contributed by atoms with Gasteiger partial charge in [0.2, 0.25) is 0 Å². The molecule has 10 aromatic rings. The number of aliphatic imine (C=N–C) groups is 2. The zero-order chi connectivity index (χ0) is 38.6. The van der Waals surface area contributed by atoms with Gasteiger partial charge in [0.25, 0.3) is 0 Å². The third kappa shape index (κ3) is 5.91. The highest BCUT2D eigenvalue weighted by Gasteiger charge is 2.22. The number of rotatable bonds is 5. The maximum atomic E-state index is 6.58. The number of para-hydroxylation sites is 2. The Balaban J connectivity index is 1.17. The smallest absolute Gasteiger partial charge is 0.160 e. The van der Waals surface area contributed by atoms with Crippen LogP contribution in [0.4, 0.5) is 0 Å². The van der Waals surface area contributed by atoms with E-state index in [1.807, 2.05) is 12.1 Å². The van der Waals surface area contributed by atoms with Crippen LogP contribution in [-0.4, -0.2) is 11.5 Å². The van der Waals surface area contributed by atoms with Gasteiger partial charge in [-0.05, 0) is 98.6 Å². The molecule has 2 heterocycles. The Morgan fingerprint density at radius 2 is 1.09 bits per heavy atom. The Kier molecular flexibility index (Phi) is 8.18. The number of amidine groups is 1. The van der Waals surface area contributed by atoms with Crippen LogP contribution in [0.1, 0.15) is 35.1 Å². The van der Waals surface area contributed by atoms with Crippen molar-refractivity contribution in [1.82, 2.24) is 0 Å². The van der Waals surface area contributed by atoms with Gasteiger partial charge in [0.1, 0.15) is 11.2 Å². The third-order valence-corrected chi connectivity index (χ3v) is 11.6. The average Bonchev–Trinajstić information content (AvgIpc) is 3.65. The van der Waals surface area contributed by atoms with E-state index in [4.69, 9.17) is 14.4 Å². The van der Waals surface area contributed by atoms with Crippen LogP contribution < -0.4 is 0 Å². The first-order chi connectivity index (χ1) is 28.6. The SMILES string of the molecule is Cc1ccc2c(/C3=N/C(c4ccccc4-c4ccc5ccccc5c4)=N\C(c4cccc5c4oc4ccccc45)=C/CC3)c(-c3ccc4ccccc4c3)ccc2c1. The van der Waals surface area contributed by atoms with E-state index in [-0.39, 0.29) is 0 Å². The predicted octanol–water partition coefficient (Wildman–Crippen LogP) is 14.8. The fourth-order valence-electron chi connectivity index (χ4n) is 8.78. The number of allylic oxidation sites excluding steroid dienone is 1. The van der Waals surface area contributed by atoms with Crippen LogP contribution in [0.25, 0.3) is 82.2 Å². The van der Waals surface area contributed by atoms with Crippen LogP contribution in [0, 0.1) is 6.92 Å². The average molecular weight is 743 g/mol. The second kappa shape index (κ2) is 14.0. The molecule has 1 aromatic heterocycles. The van der Waals surface area contributed by atoms with Crippen LogP contribution in [0.2, 0.25) is 0 Å². The van der Waals surface area contributed by atoms with E-state index in [1.54, 1.807) is 0 Å². The van der Waals surface area contributed by atoms with Gasteiger partial charge in [0, 0.05) is 27.5 Å². The van der Waals surface area contributed by atoms with Crippen LogP contribution in [0.15, 0.2) is 202 Å². The Bertz CT molecular complexity index is 3360. The molecule has 0 radical (unpaired) electrons. The number of fused-ring (bicyclic) bond motifs is 6. The topological polar surface area (TPSA) is 37.9 Å². The Morgan fingerprint density at radius 3 is 1.88 bits per heavy atom. The summed E-state index contributed by atoms with van der Waals surface area (Å²) >= 11 is 0. The van der Waals surface area contributed by atoms with E-state index in [9.17, 15) is 0 Å². The second-order valence-electron chi connectivity index (χ2n) is 15.3. The summed E-state index contributed by atoms with van der Waals surface area (Å²) in [5.74, 6) is 0.673. The highest BCUT2D eigenvalue weighted by atomic mass is 16.3. The van der Waals surface area contributed by atoms with Crippen molar-refractivity contribution in [1.29, 1.82) is 0 Å². The molecule has 0 aliphatic carbocycles. The van der Waals surface area contributed by atoms with E-state index < -0.39 is 0 Å². The van der Waals surface area contributed by atoms with Crippen molar-refractivity contribution in [3.8, 4) is 22.3 Å². The fourth-order valence-corrected chi connectivity index (χ4v) is 8.78. The van der Waals surface area contributed by atoms with Gasteiger partial charge in [0.05, 0.1) is 11.4 Å². The summed E-state index contributed by atoms with van der Waals surface area (Å²) in [6.07, 6.45) is 3.76. The molecular formula is C55H38N2O. The van der Waals surface area contributed by atoms with Crippen LogP contribution in [0.3, 0.4) is 0 Å². The van der Waals surface area contributed by atoms with Crippen LogP contribution >= 0.6 is 0 Å². The summed E-state index contributed by atoms with van der Waals surface area (Å²) in [5, 5.41) is 9.42. The molecule has 0 amide bonds. The lowest BCUT2D eigenvalue weighted by atomic mass is 9.88. The van der Waals surface area contributed by atoms with Crippen molar-refractivity contribution in [2.45, 2.75) is 19.8 Å². The molecule has 1 aliphatic rings. The molecule has 0 saturated carbocycles. The molecule has 0 N–H and O–H groups in total. The van der Waals surface area contributed by atoms with E-state index in [2.05, 4.69) is 183 Å². The Labute approximate surface area is 337 Å². The Morgan fingerprint density at radius 1 is 0.448 bits per heavy atom. The number of benzene rings is 9. The summed E-state index contributed by atoms with van der Waals surface area (Å²) in [6.45, 7) is 2.16. The zero-order valence-corrected chi connectivity index (χ0v) is 32.1. The minimum atomic E-state index is 0.673. The van der Waals surface area contributed by atoms with Crippen molar-refractivity contribution in [3.05, 3.63) is 210 Å². The minimum absolute atomic E-state index is 0.673. The van der Waals surface area contributed by atoms with E-state index in [1.165, 1.54) is 49.0 Å². The molecule has 3 nitrogen and oxygen atoms in total. The molecule has 0 fully saturated rings. The number of aryl methyl sites for hydroxylation is 1. The molecule has 58 heavy (non-hydrogen) atoms. The maximum Gasteiger partial charge on any atom is 0.160 e. The van der Waals surface area contributed by atoms with Gasteiger partial charge in [-0.3, -0.25) is 0 Å².